The molecule has 0 saturated heterocycles. The maximum Gasteiger partial charge on any atom is 0.241 e. The zero-order valence-electron chi connectivity index (χ0n) is 10.3. The van der Waals surface area contributed by atoms with Crippen molar-refractivity contribution in [2.45, 2.75) is 17.9 Å². The number of hydrogen-bond donors (Lipinski definition) is 3. The molecule has 0 fully saturated rings. The van der Waals surface area contributed by atoms with Crippen LogP contribution in [0.15, 0.2) is 29.2 Å². The molecule has 1 atom stereocenters. The molecule has 0 aliphatic heterocycles. The van der Waals surface area contributed by atoms with Gasteiger partial charge in [0.2, 0.25) is 15.9 Å². The molecule has 0 bridgehead atoms. The van der Waals surface area contributed by atoms with E-state index in [-0.39, 0.29) is 10.9 Å². The van der Waals surface area contributed by atoms with E-state index in [0.29, 0.717) is 0 Å². The highest BCUT2D eigenvalue weighted by atomic mass is 32.2. The van der Waals surface area contributed by atoms with Crippen LogP contribution in [-0.2, 0) is 14.8 Å². The van der Waals surface area contributed by atoms with Crippen LogP contribution in [0.5, 0.6) is 0 Å². The van der Waals surface area contributed by atoms with E-state index in [1.165, 1.54) is 12.1 Å². The quantitative estimate of drug-likeness (QED) is 0.663. The van der Waals surface area contributed by atoms with Crippen molar-refractivity contribution in [2.75, 3.05) is 13.6 Å². The molecule has 0 heterocycles. The molecule has 18 heavy (non-hydrogen) atoms. The van der Waals surface area contributed by atoms with Gasteiger partial charge in [0.1, 0.15) is 0 Å². The molecule has 0 aliphatic carbocycles. The van der Waals surface area contributed by atoms with Crippen LogP contribution in [0, 0.1) is 0 Å². The van der Waals surface area contributed by atoms with E-state index in [9.17, 15) is 13.2 Å². The number of nitrogens with two attached hydrogens (primary N) is 1. The number of nitrogens with one attached hydrogen (secondary N) is 2. The molecule has 1 unspecified atom stereocenters. The number of primary amides is 1. The number of rotatable bonds is 6. The Bertz CT molecular complexity index is 511. The summed E-state index contributed by atoms with van der Waals surface area (Å²) in [7, 11) is -1.85. The van der Waals surface area contributed by atoms with Gasteiger partial charge in [-0.05, 0) is 31.7 Å². The molecule has 100 valence electrons. The molecule has 0 aromatic heterocycles. The number of sulfonamides is 1. The fraction of sp³-hybridized carbons (Fsp3) is 0.364. The standard InChI is InChI=1S/C11H17N3O3S/c1-8(13-2)9-3-5-10(6-4-9)18(16,17)14-7-11(12)15/h3-6,8,13-14H,7H2,1-2H3,(H2,12,15). The fourth-order valence-corrected chi connectivity index (χ4v) is 2.35. The Balaban J connectivity index is 2.87. The van der Waals surface area contributed by atoms with Gasteiger partial charge < -0.3 is 11.1 Å². The first-order valence-corrected chi connectivity index (χ1v) is 6.90. The Morgan fingerprint density at radius 2 is 1.89 bits per heavy atom. The first-order chi connectivity index (χ1) is 8.36. The van der Waals surface area contributed by atoms with Gasteiger partial charge in [-0.2, -0.15) is 0 Å². The molecule has 7 heteroatoms. The van der Waals surface area contributed by atoms with E-state index in [1.54, 1.807) is 12.1 Å². The number of amides is 1. The van der Waals surface area contributed by atoms with Gasteiger partial charge in [0.15, 0.2) is 0 Å². The molecular formula is C11H17N3O3S. The molecule has 4 N–H and O–H groups in total. The molecule has 1 aromatic rings. The average Bonchev–Trinajstić information content (AvgIpc) is 2.36. The molecular weight excluding hydrogens is 254 g/mol. The van der Waals surface area contributed by atoms with E-state index in [4.69, 9.17) is 5.73 Å². The summed E-state index contributed by atoms with van der Waals surface area (Å²) in [5, 5.41) is 3.05. The Morgan fingerprint density at radius 1 is 1.33 bits per heavy atom. The first kappa shape index (κ1) is 14.6. The summed E-state index contributed by atoms with van der Waals surface area (Å²) in [5.74, 6) is -0.723. The second kappa shape index (κ2) is 5.94. The Hall–Kier alpha value is -1.44. The van der Waals surface area contributed by atoms with Gasteiger partial charge >= 0.3 is 0 Å². The highest BCUT2D eigenvalue weighted by Crippen LogP contribution is 2.15. The van der Waals surface area contributed by atoms with Gasteiger partial charge in [-0.15, -0.1) is 0 Å². The van der Waals surface area contributed by atoms with Gasteiger partial charge in [0.25, 0.3) is 0 Å². The summed E-state index contributed by atoms with van der Waals surface area (Å²) in [5.41, 5.74) is 5.86. The van der Waals surface area contributed by atoms with Crippen LogP contribution in [0.25, 0.3) is 0 Å². The van der Waals surface area contributed by atoms with Crippen molar-refractivity contribution in [3.63, 3.8) is 0 Å². The first-order valence-electron chi connectivity index (χ1n) is 5.42. The van der Waals surface area contributed by atoms with Crippen LogP contribution < -0.4 is 15.8 Å². The largest absolute Gasteiger partial charge is 0.369 e. The average molecular weight is 271 g/mol. The summed E-state index contributed by atoms with van der Waals surface area (Å²) < 4.78 is 25.6. The maximum absolute atomic E-state index is 11.8. The lowest BCUT2D eigenvalue weighted by Gasteiger charge is -2.11. The van der Waals surface area contributed by atoms with Gasteiger partial charge in [-0.3, -0.25) is 4.79 Å². The monoisotopic (exact) mass is 271 g/mol. The predicted molar refractivity (Wildman–Crippen MR) is 68.3 cm³/mol. The second-order valence-corrected chi connectivity index (χ2v) is 5.64. The van der Waals surface area contributed by atoms with Crippen molar-refractivity contribution in [1.82, 2.24) is 10.0 Å². The molecule has 1 aromatic carbocycles. The molecule has 1 amide bonds. The van der Waals surface area contributed by atoms with Crippen molar-refractivity contribution in [2.24, 2.45) is 5.73 Å². The lowest BCUT2D eigenvalue weighted by molar-refractivity contribution is -0.116. The third kappa shape index (κ3) is 3.80. The van der Waals surface area contributed by atoms with Crippen LogP contribution in [0.4, 0.5) is 0 Å². The summed E-state index contributed by atoms with van der Waals surface area (Å²) in [4.78, 5) is 10.7. The Morgan fingerprint density at radius 3 is 2.33 bits per heavy atom. The molecule has 0 spiro atoms. The van der Waals surface area contributed by atoms with Crippen LogP contribution in [0.1, 0.15) is 18.5 Å². The minimum absolute atomic E-state index is 0.107. The van der Waals surface area contributed by atoms with E-state index < -0.39 is 22.5 Å². The Kier molecular flexibility index (Phi) is 4.83. The van der Waals surface area contributed by atoms with Gasteiger partial charge in [0.05, 0.1) is 11.4 Å². The zero-order chi connectivity index (χ0) is 13.8. The SMILES string of the molecule is CNC(C)c1ccc(S(=O)(=O)NCC(N)=O)cc1. The highest BCUT2D eigenvalue weighted by Gasteiger charge is 2.14. The molecule has 0 radical (unpaired) electrons. The molecule has 1 rings (SSSR count). The van der Waals surface area contributed by atoms with E-state index in [2.05, 4.69) is 10.0 Å². The summed E-state index contributed by atoms with van der Waals surface area (Å²) in [6, 6.07) is 6.57. The molecule has 6 nitrogen and oxygen atoms in total. The fourth-order valence-electron chi connectivity index (χ4n) is 1.35. The molecule has 0 saturated carbocycles. The summed E-state index contributed by atoms with van der Waals surface area (Å²) >= 11 is 0. The topological polar surface area (TPSA) is 101 Å². The number of benzene rings is 1. The number of hydrogen-bond acceptors (Lipinski definition) is 4. The molecule has 0 aliphatic rings. The van der Waals surface area contributed by atoms with Gasteiger partial charge in [-0.1, -0.05) is 12.1 Å². The highest BCUT2D eigenvalue weighted by molar-refractivity contribution is 7.89. The maximum atomic E-state index is 11.8. The lowest BCUT2D eigenvalue weighted by Crippen LogP contribution is -2.33. The Labute approximate surface area is 107 Å². The van der Waals surface area contributed by atoms with Crippen LogP contribution in [0.2, 0.25) is 0 Å². The van der Waals surface area contributed by atoms with Crippen LogP contribution in [-0.4, -0.2) is 27.9 Å². The smallest absolute Gasteiger partial charge is 0.241 e. The van der Waals surface area contributed by atoms with Crippen molar-refractivity contribution >= 4 is 15.9 Å². The summed E-state index contributed by atoms with van der Waals surface area (Å²) in [6.07, 6.45) is 0. The van der Waals surface area contributed by atoms with E-state index in [1.807, 2.05) is 14.0 Å². The lowest BCUT2D eigenvalue weighted by atomic mass is 10.1. The predicted octanol–water partition coefficient (Wildman–Crippen LogP) is -0.269. The third-order valence-corrected chi connectivity index (χ3v) is 3.98. The number of carbonyl (C=O) groups excluding carboxylic acids is 1. The third-order valence-electron chi connectivity index (χ3n) is 2.56. The van der Waals surface area contributed by atoms with Gasteiger partial charge in [-0.25, -0.2) is 13.1 Å². The van der Waals surface area contributed by atoms with E-state index >= 15 is 0 Å². The normalized spacial score (nSPS) is 13.2. The van der Waals surface area contributed by atoms with Crippen molar-refractivity contribution in [3.05, 3.63) is 29.8 Å². The van der Waals surface area contributed by atoms with Crippen molar-refractivity contribution < 1.29 is 13.2 Å². The van der Waals surface area contributed by atoms with Crippen molar-refractivity contribution in [1.29, 1.82) is 0 Å². The van der Waals surface area contributed by atoms with Crippen LogP contribution in [0.3, 0.4) is 0 Å². The summed E-state index contributed by atoms with van der Waals surface area (Å²) in [6.45, 7) is 1.56. The van der Waals surface area contributed by atoms with Crippen LogP contribution >= 0.6 is 0 Å². The minimum atomic E-state index is -3.68. The second-order valence-electron chi connectivity index (χ2n) is 3.87. The minimum Gasteiger partial charge on any atom is -0.369 e. The van der Waals surface area contributed by atoms with E-state index in [0.717, 1.165) is 5.56 Å². The van der Waals surface area contributed by atoms with Crippen molar-refractivity contribution in [3.8, 4) is 0 Å². The zero-order valence-corrected chi connectivity index (χ0v) is 11.1. The van der Waals surface area contributed by atoms with Gasteiger partial charge in [0, 0.05) is 6.04 Å². The number of carbonyl (C=O) groups is 1.